The average molecular weight is 290 g/mol. The van der Waals surface area contributed by atoms with Crippen LogP contribution < -0.4 is 10.1 Å². The summed E-state index contributed by atoms with van der Waals surface area (Å²) in [5.74, 6) is 0.966. The molecule has 0 radical (unpaired) electrons. The van der Waals surface area contributed by atoms with Crippen molar-refractivity contribution in [1.29, 1.82) is 0 Å². The van der Waals surface area contributed by atoms with Crippen molar-refractivity contribution in [2.24, 2.45) is 0 Å². The summed E-state index contributed by atoms with van der Waals surface area (Å²) in [5.41, 5.74) is 2.25. The topological polar surface area (TPSA) is 34.2 Å². The summed E-state index contributed by atoms with van der Waals surface area (Å²) in [6, 6.07) is 8.19. The Kier molecular flexibility index (Phi) is 6.02. The van der Waals surface area contributed by atoms with Crippen molar-refractivity contribution >= 4 is 11.3 Å². The van der Waals surface area contributed by atoms with E-state index in [2.05, 4.69) is 35.6 Å². The Morgan fingerprint density at radius 1 is 1.25 bits per heavy atom. The highest BCUT2D eigenvalue weighted by Gasteiger charge is 2.05. The fraction of sp³-hybridized carbons (Fsp3) is 0.438. The summed E-state index contributed by atoms with van der Waals surface area (Å²) >= 11 is 1.69. The predicted octanol–water partition coefficient (Wildman–Crippen LogP) is 3.78. The van der Waals surface area contributed by atoms with E-state index in [0.717, 1.165) is 42.4 Å². The fourth-order valence-corrected chi connectivity index (χ4v) is 2.71. The van der Waals surface area contributed by atoms with Crippen molar-refractivity contribution in [1.82, 2.24) is 10.3 Å². The van der Waals surface area contributed by atoms with Gasteiger partial charge in [0, 0.05) is 11.9 Å². The number of hydrogen-bond donors (Lipinski definition) is 1. The largest absolute Gasteiger partial charge is 0.487 e. The summed E-state index contributed by atoms with van der Waals surface area (Å²) in [7, 11) is 0. The van der Waals surface area contributed by atoms with Gasteiger partial charge in [0.1, 0.15) is 17.4 Å². The van der Waals surface area contributed by atoms with E-state index in [1.54, 1.807) is 11.3 Å². The van der Waals surface area contributed by atoms with Crippen LogP contribution in [-0.4, -0.2) is 11.5 Å². The molecule has 0 aliphatic carbocycles. The van der Waals surface area contributed by atoms with Crippen LogP contribution in [0.25, 0.3) is 0 Å². The van der Waals surface area contributed by atoms with Crippen LogP contribution in [0.3, 0.4) is 0 Å². The first-order valence-electron chi connectivity index (χ1n) is 7.18. The number of thiazole rings is 1. The molecule has 4 heteroatoms. The molecule has 3 nitrogen and oxygen atoms in total. The minimum atomic E-state index is 0.543. The molecule has 20 heavy (non-hydrogen) atoms. The highest BCUT2D eigenvalue weighted by molar-refractivity contribution is 7.09. The lowest BCUT2D eigenvalue weighted by Crippen LogP contribution is -2.13. The maximum atomic E-state index is 5.88. The van der Waals surface area contributed by atoms with Gasteiger partial charge in [-0.05, 0) is 31.0 Å². The SMILES string of the molecule is CCCNCc1nc(COc2ccccc2CC)cs1. The molecule has 0 fully saturated rings. The van der Waals surface area contributed by atoms with Gasteiger partial charge in [0.2, 0.25) is 0 Å². The zero-order chi connectivity index (χ0) is 14.2. The molecule has 0 saturated carbocycles. The third kappa shape index (κ3) is 4.32. The van der Waals surface area contributed by atoms with Crippen molar-refractivity contribution < 1.29 is 4.74 Å². The molecule has 1 aromatic carbocycles. The van der Waals surface area contributed by atoms with E-state index in [1.165, 1.54) is 5.56 Å². The van der Waals surface area contributed by atoms with E-state index in [4.69, 9.17) is 4.74 Å². The van der Waals surface area contributed by atoms with E-state index in [-0.39, 0.29) is 0 Å². The number of para-hydroxylation sites is 1. The molecule has 1 N–H and O–H groups in total. The molecule has 0 atom stereocenters. The van der Waals surface area contributed by atoms with Gasteiger partial charge in [0.15, 0.2) is 0 Å². The second-order valence-corrected chi connectivity index (χ2v) is 5.60. The van der Waals surface area contributed by atoms with Gasteiger partial charge in [-0.3, -0.25) is 0 Å². The summed E-state index contributed by atoms with van der Waals surface area (Å²) in [6.07, 6.45) is 2.13. The monoisotopic (exact) mass is 290 g/mol. The molecule has 0 unspecified atom stereocenters. The molecule has 0 amide bonds. The Bertz CT molecular complexity index is 525. The molecule has 2 aromatic rings. The number of nitrogens with zero attached hydrogens (tertiary/aromatic N) is 1. The number of aryl methyl sites for hydroxylation is 1. The first kappa shape index (κ1) is 15.0. The normalized spacial score (nSPS) is 10.7. The number of aromatic nitrogens is 1. The molecule has 108 valence electrons. The van der Waals surface area contributed by atoms with Crippen LogP contribution in [0, 0.1) is 0 Å². The molecular weight excluding hydrogens is 268 g/mol. The van der Waals surface area contributed by atoms with Crippen molar-refractivity contribution in [3.63, 3.8) is 0 Å². The number of ether oxygens (including phenoxy) is 1. The minimum Gasteiger partial charge on any atom is -0.487 e. The lowest BCUT2D eigenvalue weighted by molar-refractivity contribution is 0.299. The Morgan fingerprint density at radius 3 is 2.90 bits per heavy atom. The molecule has 0 spiro atoms. The van der Waals surface area contributed by atoms with Crippen molar-refractivity contribution in [2.75, 3.05) is 6.54 Å². The predicted molar refractivity (Wildman–Crippen MR) is 84.3 cm³/mol. The fourth-order valence-electron chi connectivity index (χ4n) is 1.96. The summed E-state index contributed by atoms with van der Waals surface area (Å²) < 4.78 is 5.88. The van der Waals surface area contributed by atoms with E-state index < -0.39 is 0 Å². The van der Waals surface area contributed by atoms with Gasteiger partial charge >= 0.3 is 0 Å². The summed E-state index contributed by atoms with van der Waals surface area (Å²) in [6.45, 7) is 6.74. The van der Waals surface area contributed by atoms with E-state index in [9.17, 15) is 0 Å². The molecule has 0 aliphatic rings. The van der Waals surface area contributed by atoms with Crippen LogP contribution in [0.15, 0.2) is 29.6 Å². The molecule has 1 aromatic heterocycles. The standard InChI is InChI=1S/C16H22N2OS/c1-3-9-17-10-16-18-14(12-20-16)11-19-15-8-6-5-7-13(15)4-2/h5-8,12,17H,3-4,9-11H2,1-2H3. The van der Waals surface area contributed by atoms with Crippen molar-refractivity contribution in [3.8, 4) is 5.75 Å². The molecule has 2 rings (SSSR count). The highest BCUT2D eigenvalue weighted by Crippen LogP contribution is 2.20. The van der Waals surface area contributed by atoms with Gasteiger partial charge in [-0.2, -0.15) is 0 Å². The van der Waals surface area contributed by atoms with E-state index in [0.29, 0.717) is 6.61 Å². The van der Waals surface area contributed by atoms with Crippen LogP contribution in [0.1, 0.15) is 36.5 Å². The molecule has 0 bridgehead atoms. The lowest BCUT2D eigenvalue weighted by Gasteiger charge is -2.08. The summed E-state index contributed by atoms with van der Waals surface area (Å²) in [5, 5.41) is 6.57. The molecule has 0 saturated heterocycles. The van der Waals surface area contributed by atoms with E-state index >= 15 is 0 Å². The van der Waals surface area contributed by atoms with Crippen LogP contribution in [0.4, 0.5) is 0 Å². The maximum Gasteiger partial charge on any atom is 0.131 e. The smallest absolute Gasteiger partial charge is 0.131 e. The minimum absolute atomic E-state index is 0.543. The number of hydrogen-bond acceptors (Lipinski definition) is 4. The van der Waals surface area contributed by atoms with Crippen LogP contribution in [0.2, 0.25) is 0 Å². The highest BCUT2D eigenvalue weighted by atomic mass is 32.1. The molecular formula is C16H22N2OS. The second kappa shape index (κ2) is 8.02. The lowest BCUT2D eigenvalue weighted by atomic mass is 10.1. The van der Waals surface area contributed by atoms with Crippen molar-refractivity contribution in [2.45, 2.75) is 39.8 Å². The quantitative estimate of drug-likeness (QED) is 0.751. The second-order valence-electron chi connectivity index (χ2n) is 4.66. The zero-order valence-electron chi connectivity index (χ0n) is 12.2. The van der Waals surface area contributed by atoms with Crippen LogP contribution >= 0.6 is 11.3 Å². The average Bonchev–Trinajstić information content (AvgIpc) is 2.93. The Morgan fingerprint density at radius 2 is 2.10 bits per heavy atom. The Labute approximate surface area is 125 Å². The third-order valence-corrected chi connectivity index (χ3v) is 3.93. The van der Waals surface area contributed by atoms with Crippen LogP contribution in [0.5, 0.6) is 5.75 Å². The van der Waals surface area contributed by atoms with Crippen LogP contribution in [-0.2, 0) is 19.6 Å². The third-order valence-electron chi connectivity index (χ3n) is 3.03. The summed E-state index contributed by atoms with van der Waals surface area (Å²) in [4.78, 5) is 4.58. The number of nitrogens with one attached hydrogen (secondary N) is 1. The first-order valence-corrected chi connectivity index (χ1v) is 8.06. The van der Waals surface area contributed by atoms with Gasteiger partial charge in [-0.15, -0.1) is 11.3 Å². The zero-order valence-corrected chi connectivity index (χ0v) is 13.0. The van der Waals surface area contributed by atoms with E-state index in [1.807, 2.05) is 18.2 Å². The molecule has 1 heterocycles. The van der Waals surface area contributed by atoms with Gasteiger partial charge in [0.25, 0.3) is 0 Å². The Balaban J connectivity index is 1.87. The molecule has 0 aliphatic heterocycles. The first-order chi connectivity index (χ1) is 9.83. The number of benzene rings is 1. The van der Waals surface area contributed by atoms with Crippen molar-refractivity contribution in [3.05, 3.63) is 45.9 Å². The van der Waals surface area contributed by atoms with Gasteiger partial charge < -0.3 is 10.1 Å². The van der Waals surface area contributed by atoms with Gasteiger partial charge in [-0.1, -0.05) is 32.0 Å². The van der Waals surface area contributed by atoms with Gasteiger partial charge in [0.05, 0.1) is 5.69 Å². The Hall–Kier alpha value is -1.39. The maximum absolute atomic E-state index is 5.88. The number of rotatable bonds is 8. The van der Waals surface area contributed by atoms with Gasteiger partial charge in [-0.25, -0.2) is 4.98 Å².